The van der Waals surface area contributed by atoms with Crippen LogP contribution in [0.15, 0.2) is 35.2 Å². The Balaban J connectivity index is 1.71. The lowest BCUT2D eigenvalue weighted by atomic mass is 10.0. The van der Waals surface area contributed by atoms with E-state index in [2.05, 4.69) is 38.1 Å². The van der Waals surface area contributed by atoms with Crippen LogP contribution in [0.2, 0.25) is 0 Å². The van der Waals surface area contributed by atoms with Gasteiger partial charge in [-0.2, -0.15) is 0 Å². The maximum atomic E-state index is 12.8. The zero-order chi connectivity index (χ0) is 19.8. The fraction of sp³-hybridized carbons (Fsp3) is 0.476. The molecule has 1 fully saturated rings. The van der Waals surface area contributed by atoms with Gasteiger partial charge in [0.15, 0.2) is 15.6 Å². The molecule has 27 heavy (non-hydrogen) atoms. The summed E-state index contributed by atoms with van der Waals surface area (Å²) in [5.74, 6) is 1.38. The third kappa shape index (κ3) is 4.49. The number of aromatic nitrogens is 1. The molecule has 1 atom stereocenters. The van der Waals surface area contributed by atoms with E-state index in [-0.39, 0.29) is 23.3 Å². The molecule has 6 heteroatoms. The van der Waals surface area contributed by atoms with Crippen molar-refractivity contribution in [1.29, 1.82) is 0 Å². The zero-order valence-electron chi connectivity index (χ0n) is 16.4. The molecule has 4 nitrogen and oxygen atoms in total. The molecule has 1 unspecified atom stereocenters. The second-order valence-electron chi connectivity index (χ2n) is 7.65. The van der Waals surface area contributed by atoms with Gasteiger partial charge in [0.25, 0.3) is 0 Å². The molecule has 1 aromatic carbocycles. The van der Waals surface area contributed by atoms with Crippen molar-refractivity contribution < 1.29 is 13.2 Å². The predicted molar refractivity (Wildman–Crippen MR) is 112 cm³/mol. The molecule has 0 N–H and O–H groups in total. The van der Waals surface area contributed by atoms with Crippen LogP contribution < -0.4 is 0 Å². The Morgan fingerprint density at radius 3 is 2.44 bits per heavy atom. The number of carbonyl (C=O) groups excluding carboxylic acids is 1. The van der Waals surface area contributed by atoms with Crippen LogP contribution in [-0.4, -0.2) is 36.0 Å². The average molecular weight is 406 g/mol. The van der Waals surface area contributed by atoms with E-state index in [1.54, 1.807) is 11.8 Å². The van der Waals surface area contributed by atoms with Crippen molar-refractivity contribution in [2.75, 3.05) is 17.3 Å². The van der Waals surface area contributed by atoms with Crippen LogP contribution in [0.3, 0.4) is 0 Å². The molecule has 0 aliphatic carbocycles. The van der Waals surface area contributed by atoms with Gasteiger partial charge >= 0.3 is 0 Å². The lowest BCUT2D eigenvalue weighted by Crippen LogP contribution is -2.14. The summed E-state index contributed by atoms with van der Waals surface area (Å²) in [5, 5.41) is 0. The van der Waals surface area contributed by atoms with Crippen LogP contribution in [0.5, 0.6) is 0 Å². The summed E-state index contributed by atoms with van der Waals surface area (Å²) in [6.45, 7) is 8.20. The highest BCUT2D eigenvalue weighted by atomic mass is 32.2. The minimum atomic E-state index is -2.95. The molecular formula is C21H27NO3S2. The number of rotatable bonds is 6. The Hall–Kier alpha value is -1.53. The van der Waals surface area contributed by atoms with Crippen molar-refractivity contribution in [2.45, 2.75) is 51.0 Å². The number of hydrogen-bond acceptors (Lipinski definition) is 4. The summed E-state index contributed by atoms with van der Waals surface area (Å²) in [6, 6.07) is 10.2. The van der Waals surface area contributed by atoms with Crippen LogP contribution in [0, 0.1) is 13.8 Å². The standard InChI is InChI=1S/C21H27NO3S2/c1-14(2)17-5-7-19(8-6-17)26-12-21(23)20-11-15(3)22(16(20)4)18-9-10-27(24,25)13-18/h5-8,11,14,18H,9-10,12-13H2,1-4H3. The first-order valence-electron chi connectivity index (χ1n) is 9.33. The van der Waals surface area contributed by atoms with Crippen molar-refractivity contribution >= 4 is 27.4 Å². The van der Waals surface area contributed by atoms with Crippen LogP contribution in [0.1, 0.15) is 59.5 Å². The summed E-state index contributed by atoms with van der Waals surface area (Å²) in [4.78, 5) is 13.9. The minimum Gasteiger partial charge on any atom is -0.344 e. The SMILES string of the molecule is Cc1cc(C(=O)CSc2ccc(C(C)C)cc2)c(C)n1C1CCS(=O)(=O)C1. The fourth-order valence-corrected chi connectivity index (χ4v) is 6.26. The molecule has 0 bridgehead atoms. The average Bonchev–Trinajstić information content (AvgIpc) is 3.11. The van der Waals surface area contributed by atoms with Gasteiger partial charge in [-0.25, -0.2) is 8.42 Å². The number of benzene rings is 1. The molecule has 0 saturated carbocycles. The summed E-state index contributed by atoms with van der Waals surface area (Å²) in [5.41, 5.74) is 3.85. The molecule has 3 rings (SSSR count). The Bertz CT molecular complexity index is 941. The second kappa shape index (κ2) is 7.84. The van der Waals surface area contributed by atoms with Crippen molar-refractivity contribution in [2.24, 2.45) is 0 Å². The number of Topliss-reactive ketones (excluding diaryl/α,β-unsaturated/α-hetero) is 1. The highest BCUT2D eigenvalue weighted by Gasteiger charge is 2.31. The van der Waals surface area contributed by atoms with Crippen LogP contribution in [-0.2, 0) is 9.84 Å². The van der Waals surface area contributed by atoms with E-state index in [1.807, 2.05) is 24.5 Å². The van der Waals surface area contributed by atoms with E-state index in [4.69, 9.17) is 0 Å². The highest BCUT2D eigenvalue weighted by molar-refractivity contribution is 8.00. The molecule has 146 valence electrons. The third-order valence-corrected chi connectivity index (χ3v) is 8.04. The van der Waals surface area contributed by atoms with E-state index in [1.165, 1.54) is 5.56 Å². The molecule has 2 heterocycles. The van der Waals surface area contributed by atoms with Gasteiger partial charge in [-0.15, -0.1) is 11.8 Å². The number of nitrogens with zero attached hydrogens (tertiary/aromatic N) is 1. The van der Waals surface area contributed by atoms with Gasteiger partial charge in [-0.1, -0.05) is 26.0 Å². The molecule has 0 radical (unpaired) electrons. The van der Waals surface area contributed by atoms with E-state index >= 15 is 0 Å². The second-order valence-corrected chi connectivity index (χ2v) is 10.9. The lowest BCUT2D eigenvalue weighted by Gasteiger charge is -2.16. The largest absolute Gasteiger partial charge is 0.344 e. The van der Waals surface area contributed by atoms with E-state index in [9.17, 15) is 13.2 Å². The normalized spacial score (nSPS) is 18.9. The number of carbonyl (C=O) groups is 1. The molecule has 0 amide bonds. The van der Waals surface area contributed by atoms with Gasteiger partial charge in [0.2, 0.25) is 0 Å². The van der Waals surface area contributed by atoms with Gasteiger partial charge < -0.3 is 4.57 Å². The number of hydrogen-bond donors (Lipinski definition) is 0. The maximum Gasteiger partial charge on any atom is 0.174 e. The van der Waals surface area contributed by atoms with Gasteiger partial charge in [0, 0.05) is 27.9 Å². The molecule has 1 saturated heterocycles. The van der Waals surface area contributed by atoms with E-state index in [0.29, 0.717) is 23.7 Å². The zero-order valence-corrected chi connectivity index (χ0v) is 18.0. The smallest absolute Gasteiger partial charge is 0.174 e. The molecule has 1 aliphatic heterocycles. The number of ketones is 1. The third-order valence-electron chi connectivity index (χ3n) is 5.28. The number of thioether (sulfide) groups is 1. The molecule has 2 aromatic rings. The topological polar surface area (TPSA) is 56.1 Å². The van der Waals surface area contributed by atoms with Crippen molar-refractivity contribution in [3.8, 4) is 0 Å². The first kappa shape index (κ1) is 20.2. The van der Waals surface area contributed by atoms with Gasteiger partial charge in [-0.3, -0.25) is 4.79 Å². The van der Waals surface area contributed by atoms with Gasteiger partial charge in [-0.05, 0) is 49.9 Å². The predicted octanol–water partition coefficient (Wildman–Crippen LogP) is 4.56. The lowest BCUT2D eigenvalue weighted by molar-refractivity contribution is 0.102. The highest BCUT2D eigenvalue weighted by Crippen LogP contribution is 2.30. The van der Waals surface area contributed by atoms with Crippen molar-refractivity contribution in [1.82, 2.24) is 4.57 Å². The Morgan fingerprint density at radius 1 is 1.22 bits per heavy atom. The molecule has 1 aromatic heterocycles. The van der Waals surface area contributed by atoms with Gasteiger partial charge in [0.1, 0.15) is 0 Å². The summed E-state index contributed by atoms with van der Waals surface area (Å²) in [6.07, 6.45) is 0.628. The monoisotopic (exact) mass is 405 g/mol. The number of sulfone groups is 1. The Morgan fingerprint density at radius 2 is 1.89 bits per heavy atom. The summed E-state index contributed by atoms with van der Waals surface area (Å²) >= 11 is 1.54. The van der Waals surface area contributed by atoms with E-state index < -0.39 is 9.84 Å². The molecule has 0 spiro atoms. The van der Waals surface area contributed by atoms with E-state index in [0.717, 1.165) is 16.3 Å². The first-order valence-corrected chi connectivity index (χ1v) is 12.1. The minimum absolute atomic E-state index is 0.0484. The first-order chi connectivity index (χ1) is 12.7. The summed E-state index contributed by atoms with van der Waals surface area (Å²) in [7, 11) is -2.95. The summed E-state index contributed by atoms with van der Waals surface area (Å²) < 4.78 is 25.7. The van der Waals surface area contributed by atoms with Crippen LogP contribution in [0.25, 0.3) is 0 Å². The fourth-order valence-electron chi connectivity index (χ4n) is 3.78. The van der Waals surface area contributed by atoms with Gasteiger partial charge in [0.05, 0.1) is 17.3 Å². The van der Waals surface area contributed by atoms with Crippen molar-refractivity contribution in [3.63, 3.8) is 0 Å². The molecule has 1 aliphatic rings. The Kier molecular flexibility index (Phi) is 5.87. The Labute approximate surface area is 166 Å². The van der Waals surface area contributed by atoms with Crippen molar-refractivity contribution in [3.05, 3.63) is 52.8 Å². The quantitative estimate of drug-likeness (QED) is 0.522. The van der Waals surface area contributed by atoms with Crippen LogP contribution >= 0.6 is 11.8 Å². The maximum absolute atomic E-state index is 12.8. The van der Waals surface area contributed by atoms with Crippen LogP contribution in [0.4, 0.5) is 0 Å². The molecular weight excluding hydrogens is 378 g/mol. The number of aryl methyl sites for hydroxylation is 1.